The van der Waals surface area contributed by atoms with Gasteiger partial charge < -0.3 is 5.32 Å². The van der Waals surface area contributed by atoms with Gasteiger partial charge in [0.2, 0.25) is 7.59 Å². The van der Waals surface area contributed by atoms with E-state index in [9.17, 15) is 0 Å². The van der Waals surface area contributed by atoms with Gasteiger partial charge in [0, 0.05) is 5.56 Å². The molecule has 1 N–H and O–H groups in total. The van der Waals surface area contributed by atoms with Gasteiger partial charge in [-0.15, -0.1) is 0 Å². The fourth-order valence-corrected chi connectivity index (χ4v) is 2.17. The standard InChI is InChI=1S/C11H6Cl7N3/c12-9(13,14)8-19-7(6-4-2-1-3-5-6)20-11(18,21-8)10(15,16)17/h1-5H,(H,19,20,21). The summed E-state index contributed by atoms with van der Waals surface area (Å²) in [6.45, 7) is 0. The van der Waals surface area contributed by atoms with E-state index in [0.29, 0.717) is 5.56 Å². The van der Waals surface area contributed by atoms with E-state index in [1.54, 1.807) is 24.3 Å². The first-order chi connectivity index (χ1) is 9.53. The maximum absolute atomic E-state index is 6.21. The Labute approximate surface area is 156 Å². The molecule has 2 rings (SSSR count). The van der Waals surface area contributed by atoms with Crippen molar-refractivity contribution in [1.29, 1.82) is 0 Å². The summed E-state index contributed by atoms with van der Waals surface area (Å²) in [5.41, 5.74) is 0.665. The normalized spacial score (nSPS) is 23.2. The lowest BCUT2D eigenvalue weighted by Gasteiger charge is -2.33. The topological polar surface area (TPSA) is 36.8 Å². The molecule has 1 heterocycles. The lowest BCUT2D eigenvalue weighted by atomic mass is 10.2. The number of halogens is 7. The Hall–Kier alpha value is 0.390. The molecule has 3 nitrogen and oxygen atoms in total. The molecular formula is C11H6Cl7N3. The summed E-state index contributed by atoms with van der Waals surface area (Å²) in [5, 5.41) is 0.830. The molecule has 1 unspecified atom stereocenters. The van der Waals surface area contributed by atoms with Gasteiger partial charge in [0.25, 0.3) is 5.12 Å². The Morgan fingerprint density at radius 1 is 0.905 bits per heavy atom. The van der Waals surface area contributed by atoms with Crippen molar-refractivity contribution in [3.8, 4) is 0 Å². The van der Waals surface area contributed by atoms with E-state index in [1.807, 2.05) is 6.07 Å². The van der Waals surface area contributed by atoms with Crippen LogP contribution in [-0.2, 0) is 0 Å². The Bertz CT molecular complexity index is 588. The van der Waals surface area contributed by atoms with Gasteiger partial charge in [-0.1, -0.05) is 112 Å². The number of rotatable bonds is 1. The van der Waals surface area contributed by atoms with Crippen LogP contribution in [0.15, 0.2) is 40.3 Å². The smallest absolute Gasteiger partial charge is 0.277 e. The highest BCUT2D eigenvalue weighted by Gasteiger charge is 2.51. The van der Waals surface area contributed by atoms with E-state index in [-0.39, 0.29) is 11.7 Å². The minimum Gasteiger partial charge on any atom is -0.325 e. The third-order valence-corrected chi connectivity index (χ3v) is 4.50. The van der Waals surface area contributed by atoms with Crippen LogP contribution in [-0.4, -0.2) is 24.4 Å². The van der Waals surface area contributed by atoms with Gasteiger partial charge in [-0.25, -0.2) is 9.98 Å². The Morgan fingerprint density at radius 2 is 1.48 bits per heavy atom. The van der Waals surface area contributed by atoms with Gasteiger partial charge in [0.15, 0.2) is 5.84 Å². The zero-order valence-corrected chi connectivity index (χ0v) is 15.2. The van der Waals surface area contributed by atoms with Crippen LogP contribution in [0.5, 0.6) is 0 Å². The Morgan fingerprint density at radius 3 is 1.95 bits per heavy atom. The van der Waals surface area contributed by atoms with Crippen LogP contribution >= 0.6 is 81.2 Å². The average Bonchev–Trinajstić information content (AvgIpc) is 2.37. The molecular weight excluding hydrogens is 422 g/mol. The van der Waals surface area contributed by atoms with Crippen LogP contribution in [0.25, 0.3) is 0 Å². The van der Waals surface area contributed by atoms with Gasteiger partial charge in [0.05, 0.1) is 0 Å². The molecule has 10 heteroatoms. The van der Waals surface area contributed by atoms with Crippen molar-refractivity contribution >= 4 is 92.9 Å². The van der Waals surface area contributed by atoms with Crippen molar-refractivity contribution in [1.82, 2.24) is 5.32 Å². The Balaban J connectivity index is 2.54. The lowest BCUT2D eigenvalue weighted by molar-refractivity contribution is 0.633. The summed E-state index contributed by atoms with van der Waals surface area (Å²) < 4.78 is -3.93. The monoisotopic (exact) mass is 425 g/mol. The van der Waals surface area contributed by atoms with Crippen LogP contribution in [0.3, 0.4) is 0 Å². The van der Waals surface area contributed by atoms with Gasteiger partial charge in [-0.2, -0.15) is 0 Å². The zero-order valence-electron chi connectivity index (χ0n) is 9.93. The third-order valence-electron chi connectivity index (χ3n) is 2.43. The highest BCUT2D eigenvalue weighted by molar-refractivity contribution is 6.77. The number of nitrogens with zero attached hydrogens (tertiary/aromatic N) is 2. The first kappa shape index (κ1) is 17.7. The molecule has 0 bridgehead atoms. The largest absolute Gasteiger partial charge is 0.325 e. The Kier molecular flexibility index (Phi) is 5.17. The SMILES string of the molecule is ClC(Cl)(Cl)C1=NC(Cl)(C(Cl)(Cl)Cl)N=C(c2ccccc2)N1. The van der Waals surface area contributed by atoms with E-state index in [4.69, 9.17) is 81.2 Å². The maximum Gasteiger partial charge on any atom is 0.277 e. The second-order valence-electron chi connectivity index (χ2n) is 3.99. The highest BCUT2D eigenvalue weighted by atomic mass is 35.6. The molecule has 0 aliphatic carbocycles. The summed E-state index contributed by atoms with van der Waals surface area (Å²) >= 11 is 41.3. The quantitative estimate of drug-likeness (QED) is 0.492. The molecule has 0 radical (unpaired) electrons. The number of benzene rings is 1. The van der Waals surface area contributed by atoms with Crippen molar-refractivity contribution in [3.63, 3.8) is 0 Å². The van der Waals surface area contributed by atoms with E-state index in [0.717, 1.165) is 0 Å². The van der Waals surface area contributed by atoms with Crippen LogP contribution in [0.1, 0.15) is 5.56 Å². The molecule has 0 aromatic heterocycles. The van der Waals surface area contributed by atoms with Gasteiger partial charge in [0.1, 0.15) is 5.84 Å². The molecule has 0 fully saturated rings. The number of amidine groups is 2. The fourth-order valence-electron chi connectivity index (χ4n) is 1.48. The van der Waals surface area contributed by atoms with Gasteiger partial charge in [-0.3, -0.25) is 0 Å². The molecule has 114 valence electrons. The molecule has 1 aliphatic heterocycles. The fraction of sp³-hybridized carbons (Fsp3) is 0.273. The number of nitrogens with one attached hydrogen (secondary N) is 1. The summed E-state index contributed by atoms with van der Waals surface area (Å²) in [6, 6.07) is 8.96. The second kappa shape index (κ2) is 6.12. The molecule has 1 atom stereocenters. The highest BCUT2D eigenvalue weighted by Crippen LogP contribution is 2.47. The first-order valence-electron chi connectivity index (χ1n) is 5.38. The molecule has 1 aromatic rings. The molecule has 0 saturated carbocycles. The van der Waals surface area contributed by atoms with E-state index >= 15 is 0 Å². The summed E-state index contributed by atoms with van der Waals surface area (Å²) in [6.07, 6.45) is 0. The predicted octanol–water partition coefficient (Wildman–Crippen LogP) is 5.07. The van der Waals surface area contributed by atoms with E-state index < -0.39 is 12.7 Å². The average molecular weight is 428 g/mol. The van der Waals surface area contributed by atoms with Crippen molar-refractivity contribution in [2.24, 2.45) is 9.98 Å². The summed E-state index contributed by atoms with van der Waals surface area (Å²) in [5.74, 6) is 0.177. The molecule has 1 aromatic carbocycles. The van der Waals surface area contributed by atoms with E-state index in [1.165, 1.54) is 0 Å². The van der Waals surface area contributed by atoms with Crippen LogP contribution in [0.2, 0.25) is 0 Å². The molecule has 21 heavy (non-hydrogen) atoms. The molecule has 0 amide bonds. The van der Waals surface area contributed by atoms with Crippen molar-refractivity contribution in [3.05, 3.63) is 35.9 Å². The number of hydrogen-bond acceptors (Lipinski definition) is 3. The van der Waals surface area contributed by atoms with Crippen molar-refractivity contribution < 1.29 is 0 Å². The second-order valence-corrected chi connectivity index (χ2v) is 9.08. The van der Waals surface area contributed by atoms with Gasteiger partial charge in [-0.05, 0) is 0 Å². The maximum atomic E-state index is 6.21. The van der Waals surface area contributed by atoms with Crippen LogP contribution < -0.4 is 5.32 Å². The number of aliphatic imine (C=N–C) groups is 2. The van der Waals surface area contributed by atoms with Crippen molar-refractivity contribution in [2.75, 3.05) is 0 Å². The lowest BCUT2D eigenvalue weighted by Crippen LogP contribution is -2.49. The minimum atomic E-state index is -2.04. The van der Waals surface area contributed by atoms with Crippen LogP contribution in [0.4, 0.5) is 0 Å². The zero-order chi connectivity index (χ0) is 15.9. The minimum absolute atomic E-state index is 0.0947. The number of hydrogen-bond donors (Lipinski definition) is 1. The summed E-state index contributed by atoms with van der Waals surface area (Å²) in [4.78, 5) is 8.05. The third kappa shape index (κ3) is 4.03. The summed E-state index contributed by atoms with van der Waals surface area (Å²) in [7, 11) is 0. The molecule has 1 aliphatic rings. The molecule has 0 saturated heterocycles. The van der Waals surface area contributed by atoms with E-state index in [2.05, 4.69) is 15.3 Å². The number of alkyl halides is 7. The van der Waals surface area contributed by atoms with Crippen molar-refractivity contribution in [2.45, 2.75) is 12.7 Å². The predicted molar refractivity (Wildman–Crippen MR) is 92.7 cm³/mol. The molecule has 0 spiro atoms. The van der Waals surface area contributed by atoms with Gasteiger partial charge >= 0.3 is 0 Å². The first-order valence-corrected chi connectivity index (χ1v) is 8.02. The van der Waals surface area contributed by atoms with Crippen LogP contribution in [0, 0.1) is 0 Å².